The zero-order valence-electron chi connectivity index (χ0n) is 8.19. The van der Waals surface area contributed by atoms with Gasteiger partial charge in [-0.05, 0) is 13.8 Å². The SMILES string of the molecule is CC(C)N(CC(N)=O)c1n[nH]c(N)n1. The van der Waals surface area contributed by atoms with Crippen molar-refractivity contribution in [3.05, 3.63) is 0 Å². The number of rotatable bonds is 4. The fraction of sp³-hybridized carbons (Fsp3) is 0.571. The summed E-state index contributed by atoms with van der Waals surface area (Å²) in [4.78, 5) is 16.4. The van der Waals surface area contributed by atoms with Gasteiger partial charge in [-0.15, -0.1) is 5.10 Å². The third-order valence-corrected chi connectivity index (χ3v) is 1.70. The third-order valence-electron chi connectivity index (χ3n) is 1.70. The number of nitrogens with zero attached hydrogens (tertiary/aromatic N) is 3. The fourth-order valence-electron chi connectivity index (χ4n) is 1.05. The number of aromatic amines is 1. The van der Waals surface area contributed by atoms with Gasteiger partial charge in [0.15, 0.2) is 0 Å². The van der Waals surface area contributed by atoms with Crippen LogP contribution in [0.2, 0.25) is 0 Å². The molecule has 78 valence electrons. The second-order valence-corrected chi connectivity index (χ2v) is 3.21. The number of H-pyrrole nitrogens is 1. The predicted octanol–water partition coefficient (Wildman–Crippen LogP) is -0.913. The van der Waals surface area contributed by atoms with Gasteiger partial charge >= 0.3 is 0 Å². The number of hydrogen-bond acceptors (Lipinski definition) is 5. The van der Waals surface area contributed by atoms with E-state index < -0.39 is 5.91 Å². The Hall–Kier alpha value is -1.79. The summed E-state index contributed by atoms with van der Waals surface area (Å²) in [6.45, 7) is 3.90. The monoisotopic (exact) mass is 198 g/mol. The Morgan fingerprint density at radius 3 is 2.64 bits per heavy atom. The summed E-state index contributed by atoms with van der Waals surface area (Å²) < 4.78 is 0. The van der Waals surface area contributed by atoms with Gasteiger partial charge in [0.2, 0.25) is 17.8 Å². The molecule has 1 aromatic rings. The van der Waals surface area contributed by atoms with Crippen LogP contribution in [0.15, 0.2) is 0 Å². The molecular weight excluding hydrogens is 184 g/mol. The molecule has 1 amide bonds. The Morgan fingerprint density at radius 2 is 2.29 bits per heavy atom. The van der Waals surface area contributed by atoms with Gasteiger partial charge in [-0.3, -0.25) is 4.79 Å². The van der Waals surface area contributed by atoms with Crippen LogP contribution in [0.3, 0.4) is 0 Å². The van der Waals surface area contributed by atoms with Gasteiger partial charge in [-0.2, -0.15) is 4.98 Å². The second-order valence-electron chi connectivity index (χ2n) is 3.21. The molecule has 0 bridgehead atoms. The highest BCUT2D eigenvalue weighted by molar-refractivity contribution is 5.79. The van der Waals surface area contributed by atoms with Crippen molar-refractivity contribution in [2.24, 2.45) is 5.73 Å². The van der Waals surface area contributed by atoms with E-state index in [0.29, 0.717) is 5.95 Å². The van der Waals surface area contributed by atoms with Gasteiger partial charge in [0.05, 0.1) is 6.54 Å². The molecular formula is C7H14N6O. The fourth-order valence-corrected chi connectivity index (χ4v) is 1.05. The molecule has 7 heteroatoms. The van der Waals surface area contributed by atoms with E-state index in [9.17, 15) is 4.79 Å². The summed E-state index contributed by atoms with van der Waals surface area (Å²) in [6.07, 6.45) is 0. The standard InChI is InChI=1S/C7H14N6O/c1-4(2)13(3-5(8)14)7-10-6(9)11-12-7/h4H,3H2,1-2H3,(H2,8,14)(H3,9,10,11,12). The van der Waals surface area contributed by atoms with E-state index in [1.807, 2.05) is 13.8 Å². The molecule has 1 aromatic heterocycles. The maximum Gasteiger partial charge on any atom is 0.246 e. The van der Waals surface area contributed by atoms with E-state index in [2.05, 4.69) is 15.2 Å². The van der Waals surface area contributed by atoms with Crippen LogP contribution in [0.4, 0.5) is 11.9 Å². The number of nitrogens with two attached hydrogens (primary N) is 2. The lowest BCUT2D eigenvalue weighted by molar-refractivity contribution is -0.116. The normalized spacial score (nSPS) is 10.5. The molecule has 1 heterocycles. The van der Waals surface area contributed by atoms with Gasteiger partial charge in [-0.1, -0.05) is 0 Å². The molecule has 0 aromatic carbocycles. The summed E-state index contributed by atoms with van der Waals surface area (Å²) in [6, 6.07) is 0.0812. The van der Waals surface area contributed by atoms with E-state index in [1.165, 1.54) is 0 Å². The summed E-state index contributed by atoms with van der Waals surface area (Å²) in [5, 5.41) is 6.35. The average molecular weight is 198 g/mol. The molecule has 0 radical (unpaired) electrons. The molecule has 0 unspecified atom stereocenters. The first-order valence-electron chi connectivity index (χ1n) is 4.23. The van der Waals surface area contributed by atoms with E-state index >= 15 is 0 Å². The molecule has 0 aliphatic carbocycles. The molecule has 0 saturated heterocycles. The van der Waals surface area contributed by atoms with Crippen molar-refractivity contribution in [2.75, 3.05) is 17.2 Å². The number of primary amides is 1. The van der Waals surface area contributed by atoms with Crippen LogP contribution in [0.1, 0.15) is 13.8 Å². The van der Waals surface area contributed by atoms with Crippen LogP contribution in [0.5, 0.6) is 0 Å². The van der Waals surface area contributed by atoms with Gasteiger partial charge < -0.3 is 16.4 Å². The van der Waals surface area contributed by atoms with Crippen molar-refractivity contribution in [2.45, 2.75) is 19.9 Å². The zero-order chi connectivity index (χ0) is 10.7. The molecule has 0 fully saturated rings. The van der Waals surface area contributed by atoms with E-state index in [4.69, 9.17) is 11.5 Å². The van der Waals surface area contributed by atoms with Gasteiger partial charge in [-0.25, -0.2) is 5.10 Å². The first kappa shape index (κ1) is 10.3. The van der Waals surface area contributed by atoms with Crippen molar-refractivity contribution in [3.8, 4) is 0 Å². The number of anilines is 2. The Balaban J connectivity index is 2.82. The molecule has 14 heavy (non-hydrogen) atoms. The Kier molecular flexibility index (Phi) is 2.90. The van der Waals surface area contributed by atoms with E-state index in [0.717, 1.165) is 0 Å². The van der Waals surface area contributed by atoms with E-state index in [-0.39, 0.29) is 18.5 Å². The predicted molar refractivity (Wildman–Crippen MR) is 52.5 cm³/mol. The average Bonchev–Trinajstić information content (AvgIpc) is 2.46. The lowest BCUT2D eigenvalue weighted by Gasteiger charge is -2.23. The van der Waals surface area contributed by atoms with Crippen molar-refractivity contribution in [1.82, 2.24) is 15.2 Å². The maximum absolute atomic E-state index is 10.8. The Morgan fingerprint density at radius 1 is 1.64 bits per heavy atom. The van der Waals surface area contributed by atoms with Crippen LogP contribution in [0, 0.1) is 0 Å². The van der Waals surface area contributed by atoms with Gasteiger partial charge in [0.1, 0.15) is 0 Å². The van der Waals surface area contributed by atoms with Crippen LogP contribution in [-0.4, -0.2) is 33.7 Å². The highest BCUT2D eigenvalue weighted by Crippen LogP contribution is 2.10. The molecule has 7 nitrogen and oxygen atoms in total. The number of hydrogen-bond donors (Lipinski definition) is 3. The lowest BCUT2D eigenvalue weighted by atomic mass is 10.3. The van der Waals surface area contributed by atoms with E-state index in [1.54, 1.807) is 4.90 Å². The molecule has 0 aliphatic heterocycles. The summed E-state index contributed by atoms with van der Waals surface area (Å²) in [7, 11) is 0. The van der Waals surface area contributed by atoms with Crippen molar-refractivity contribution in [1.29, 1.82) is 0 Å². The minimum absolute atomic E-state index is 0.0783. The molecule has 0 aliphatic rings. The van der Waals surface area contributed by atoms with Crippen molar-refractivity contribution >= 4 is 17.8 Å². The minimum Gasteiger partial charge on any atom is -0.368 e. The van der Waals surface area contributed by atoms with Gasteiger partial charge in [0, 0.05) is 6.04 Å². The number of nitrogens with one attached hydrogen (secondary N) is 1. The number of carbonyl (C=O) groups excluding carboxylic acids is 1. The highest BCUT2D eigenvalue weighted by atomic mass is 16.1. The number of aromatic nitrogens is 3. The quantitative estimate of drug-likeness (QED) is 0.579. The molecule has 0 atom stereocenters. The smallest absolute Gasteiger partial charge is 0.246 e. The highest BCUT2D eigenvalue weighted by Gasteiger charge is 2.16. The van der Waals surface area contributed by atoms with Crippen molar-refractivity contribution in [3.63, 3.8) is 0 Å². The molecule has 5 N–H and O–H groups in total. The summed E-state index contributed by atoms with van der Waals surface area (Å²) in [5.41, 5.74) is 10.5. The zero-order valence-corrected chi connectivity index (χ0v) is 8.19. The first-order chi connectivity index (χ1) is 6.50. The Bertz CT molecular complexity index is 320. The molecule has 0 saturated carbocycles. The lowest BCUT2D eigenvalue weighted by Crippen LogP contribution is -2.39. The Labute approximate surface area is 81.5 Å². The largest absolute Gasteiger partial charge is 0.368 e. The van der Waals surface area contributed by atoms with Crippen LogP contribution >= 0.6 is 0 Å². The summed E-state index contributed by atoms with van der Waals surface area (Å²) in [5.74, 6) is 0.175. The van der Waals surface area contributed by atoms with Crippen LogP contribution < -0.4 is 16.4 Å². The first-order valence-corrected chi connectivity index (χ1v) is 4.23. The van der Waals surface area contributed by atoms with Gasteiger partial charge in [0.25, 0.3) is 0 Å². The molecule has 1 rings (SSSR count). The second kappa shape index (κ2) is 3.95. The molecule has 0 spiro atoms. The van der Waals surface area contributed by atoms with Crippen LogP contribution in [-0.2, 0) is 4.79 Å². The topological polar surface area (TPSA) is 114 Å². The third kappa shape index (κ3) is 2.35. The maximum atomic E-state index is 10.8. The minimum atomic E-state index is -0.429. The number of carbonyl (C=O) groups is 1. The summed E-state index contributed by atoms with van der Waals surface area (Å²) >= 11 is 0. The van der Waals surface area contributed by atoms with Crippen LogP contribution in [0.25, 0.3) is 0 Å². The van der Waals surface area contributed by atoms with Crippen molar-refractivity contribution < 1.29 is 4.79 Å². The number of amides is 1. The number of nitrogen functional groups attached to an aromatic ring is 1.